The lowest BCUT2D eigenvalue weighted by atomic mass is 9.92. The highest BCUT2D eigenvalue weighted by Gasteiger charge is 2.36. The summed E-state index contributed by atoms with van der Waals surface area (Å²) in [6, 6.07) is 42.3. The van der Waals surface area contributed by atoms with Crippen LogP contribution in [0.1, 0.15) is 74.9 Å². The van der Waals surface area contributed by atoms with Crippen molar-refractivity contribution in [2.45, 2.75) is 80.1 Å². The third-order valence-corrected chi connectivity index (χ3v) is 11.4. The van der Waals surface area contributed by atoms with Crippen molar-refractivity contribution in [2.75, 3.05) is 0 Å². The number of hydrogen-bond acceptors (Lipinski definition) is 4. The average Bonchev–Trinajstić information content (AvgIpc) is 3.20. The van der Waals surface area contributed by atoms with Crippen molar-refractivity contribution >= 4 is 7.82 Å². The molecule has 0 N–H and O–H groups in total. The molecule has 6 aromatic rings. The largest absolute Gasteiger partial charge is 0.647 e. The Morgan fingerprint density at radius 3 is 0.868 bits per heavy atom. The summed E-state index contributed by atoms with van der Waals surface area (Å²) in [5.74, 6) is 1.29. The summed E-state index contributed by atoms with van der Waals surface area (Å²) in [7, 11) is -4.45. The Balaban J connectivity index is 1.52. The second-order valence-electron chi connectivity index (χ2n) is 13.2. The van der Waals surface area contributed by atoms with E-state index in [9.17, 15) is 0 Å². The molecule has 6 rings (SSSR count). The van der Waals surface area contributed by atoms with Crippen LogP contribution in [0.3, 0.4) is 0 Å². The minimum Gasteiger partial charge on any atom is -0.385 e. The lowest BCUT2D eigenvalue weighted by molar-refractivity contribution is 0.299. The molecule has 0 amide bonds. The highest BCUT2D eigenvalue weighted by atomic mass is 31.2. The molecule has 6 aromatic carbocycles. The molecule has 272 valence electrons. The van der Waals surface area contributed by atoms with E-state index in [1.165, 1.54) is 33.4 Å². The normalized spacial score (nSPS) is 11.4. The van der Waals surface area contributed by atoms with Crippen LogP contribution in [0, 0.1) is 0 Å². The molecule has 0 aliphatic carbocycles. The molecular formula is C48H51O4P. The van der Waals surface area contributed by atoms with Crippen molar-refractivity contribution in [2.24, 2.45) is 0 Å². The molecule has 5 heteroatoms. The van der Waals surface area contributed by atoms with Crippen LogP contribution in [0.15, 0.2) is 127 Å². The van der Waals surface area contributed by atoms with E-state index in [-0.39, 0.29) is 0 Å². The molecule has 0 saturated carbocycles. The van der Waals surface area contributed by atoms with E-state index in [2.05, 4.69) is 96.1 Å². The van der Waals surface area contributed by atoms with Crippen LogP contribution < -0.4 is 13.6 Å². The molecule has 0 fully saturated rings. The standard InChI is InChI=1S/C48H51O4P/c1-7-34-22-19-28-40(37(34)10-4)43-25-13-16-31-46(43)50-53(49,51-47-32-17-14-26-44(47)41-29-20-23-35(8-2)38(41)11-5)52-48-33-18-15-27-45(48)42-30-21-24-36(9-3)39(42)12-6/h13-33H,7-12H2,1-6H3. The molecule has 0 aromatic heterocycles. The monoisotopic (exact) mass is 722 g/mol. The molecule has 53 heavy (non-hydrogen) atoms. The van der Waals surface area contributed by atoms with Crippen molar-refractivity contribution in [3.05, 3.63) is 161 Å². The minimum absolute atomic E-state index is 0.429. The second-order valence-corrected chi connectivity index (χ2v) is 14.6. The van der Waals surface area contributed by atoms with E-state index in [1.807, 2.05) is 72.8 Å². The fraction of sp³-hybridized carbons (Fsp3) is 0.250. The third-order valence-electron chi connectivity index (χ3n) is 10.2. The van der Waals surface area contributed by atoms with Crippen LogP contribution in [0.5, 0.6) is 17.2 Å². The summed E-state index contributed by atoms with van der Waals surface area (Å²) in [6.07, 6.45) is 5.30. The molecule has 0 radical (unpaired) electrons. The molecule has 0 heterocycles. The van der Waals surface area contributed by atoms with Gasteiger partial charge in [-0.25, -0.2) is 0 Å². The van der Waals surface area contributed by atoms with Gasteiger partial charge in [0.25, 0.3) is 0 Å². The van der Waals surface area contributed by atoms with Gasteiger partial charge < -0.3 is 13.6 Å². The van der Waals surface area contributed by atoms with Crippen molar-refractivity contribution in [3.63, 3.8) is 0 Å². The van der Waals surface area contributed by atoms with Gasteiger partial charge in [0.2, 0.25) is 0 Å². The molecule has 4 nitrogen and oxygen atoms in total. The van der Waals surface area contributed by atoms with Crippen LogP contribution >= 0.6 is 7.82 Å². The predicted molar refractivity (Wildman–Crippen MR) is 221 cm³/mol. The summed E-state index contributed by atoms with van der Waals surface area (Å²) in [5.41, 5.74) is 13.2. The summed E-state index contributed by atoms with van der Waals surface area (Å²) >= 11 is 0. The molecule has 0 unspecified atom stereocenters. The van der Waals surface area contributed by atoms with Gasteiger partial charge in [0.1, 0.15) is 17.2 Å². The Bertz CT molecular complexity index is 1990. The Kier molecular flexibility index (Phi) is 12.2. The molecule has 0 spiro atoms. The second kappa shape index (κ2) is 17.2. The number of aryl methyl sites for hydroxylation is 3. The van der Waals surface area contributed by atoms with Gasteiger partial charge in [-0.1, -0.05) is 151 Å². The SMILES string of the molecule is CCc1cccc(-c2ccccc2OP(=O)(Oc2ccccc2-c2cccc(CC)c2CC)Oc2ccccc2-c2cccc(CC)c2CC)c1CC. The topological polar surface area (TPSA) is 44.8 Å². The van der Waals surface area contributed by atoms with Gasteiger partial charge in [-0.05, 0) is 107 Å². The average molecular weight is 723 g/mol. The van der Waals surface area contributed by atoms with Gasteiger partial charge in [0.05, 0.1) is 0 Å². The van der Waals surface area contributed by atoms with Gasteiger partial charge in [-0.15, -0.1) is 0 Å². The maximum Gasteiger partial charge on any atom is 0.647 e. The van der Waals surface area contributed by atoms with E-state index in [0.29, 0.717) is 17.2 Å². The maximum atomic E-state index is 15.6. The number of benzene rings is 6. The molecule has 0 aliphatic rings. The van der Waals surface area contributed by atoms with E-state index in [0.717, 1.165) is 71.9 Å². The van der Waals surface area contributed by atoms with Crippen LogP contribution in [0.25, 0.3) is 33.4 Å². The molecular weight excluding hydrogens is 671 g/mol. The van der Waals surface area contributed by atoms with Gasteiger partial charge in [-0.2, -0.15) is 4.57 Å². The van der Waals surface area contributed by atoms with Crippen LogP contribution in [-0.2, 0) is 43.1 Å². The zero-order valence-electron chi connectivity index (χ0n) is 31.9. The third kappa shape index (κ3) is 7.99. The van der Waals surface area contributed by atoms with Crippen molar-refractivity contribution in [1.29, 1.82) is 0 Å². The zero-order valence-corrected chi connectivity index (χ0v) is 32.8. The summed E-state index contributed by atoms with van der Waals surface area (Å²) in [6.45, 7) is 13.0. The predicted octanol–water partition coefficient (Wildman–Crippen LogP) is 13.7. The molecule has 0 bridgehead atoms. The smallest absolute Gasteiger partial charge is 0.385 e. The highest BCUT2D eigenvalue weighted by Crippen LogP contribution is 2.55. The molecule has 0 atom stereocenters. The quantitative estimate of drug-likeness (QED) is 0.0990. The minimum atomic E-state index is -4.45. The van der Waals surface area contributed by atoms with Crippen LogP contribution in [-0.4, -0.2) is 0 Å². The summed E-state index contributed by atoms with van der Waals surface area (Å²) < 4.78 is 35.6. The van der Waals surface area contributed by atoms with Gasteiger partial charge >= 0.3 is 7.82 Å². The van der Waals surface area contributed by atoms with E-state index in [1.54, 1.807) is 0 Å². The first-order valence-corrected chi connectivity index (χ1v) is 20.6. The van der Waals surface area contributed by atoms with Crippen LogP contribution in [0.2, 0.25) is 0 Å². The number of rotatable bonds is 15. The van der Waals surface area contributed by atoms with Crippen molar-refractivity contribution < 1.29 is 18.1 Å². The van der Waals surface area contributed by atoms with Crippen molar-refractivity contribution in [1.82, 2.24) is 0 Å². The Morgan fingerprint density at radius 1 is 0.340 bits per heavy atom. The Hall–Kier alpha value is -5.05. The molecule has 0 saturated heterocycles. The zero-order chi connectivity index (χ0) is 37.4. The highest BCUT2D eigenvalue weighted by molar-refractivity contribution is 7.49. The molecule has 0 aliphatic heterocycles. The lowest BCUT2D eigenvalue weighted by Crippen LogP contribution is -2.10. The van der Waals surface area contributed by atoms with E-state index >= 15 is 4.57 Å². The van der Waals surface area contributed by atoms with Gasteiger partial charge in [0.15, 0.2) is 0 Å². The Labute approximate surface area is 316 Å². The van der Waals surface area contributed by atoms with Gasteiger partial charge in [-0.3, -0.25) is 0 Å². The van der Waals surface area contributed by atoms with E-state index < -0.39 is 7.82 Å². The van der Waals surface area contributed by atoms with Crippen molar-refractivity contribution in [3.8, 4) is 50.6 Å². The first-order valence-electron chi connectivity index (χ1n) is 19.2. The number of hydrogen-bond donors (Lipinski definition) is 0. The fourth-order valence-electron chi connectivity index (χ4n) is 7.63. The van der Waals surface area contributed by atoms with Gasteiger partial charge in [0, 0.05) is 16.7 Å². The fourth-order valence-corrected chi connectivity index (χ4v) is 8.94. The Morgan fingerprint density at radius 2 is 0.604 bits per heavy atom. The number of phosphoric acid groups is 1. The maximum absolute atomic E-state index is 15.6. The number of phosphoric ester groups is 1. The first kappa shape index (κ1) is 37.7. The summed E-state index contributed by atoms with van der Waals surface area (Å²) in [4.78, 5) is 0. The number of para-hydroxylation sites is 3. The van der Waals surface area contributed by atoms with Crippen LogP contribution in [0.4, 0.5) is 0 Å². The van der Waals surface area contributed by atoms with E-state index in [4.69, 9.17) is 13.6 Å². The summed E-state index contributed by atoms with van der Waals surface area (Å²) in [5, 5.41) is 0. The first-order chi connectivity index (χ1) is 25.9. The lowest BCUT2D eigenvalue weighted by Gasteiger charge is -2.24.